The van der Waals surface area contributed by atoms with Crippen LogP contribution in [-0.2, 0) is 6.54 Å². The van der Waals surface area contributed by atoms with Gasteiger partial charge < -0.3 is 5.32 Å². The van der Waals surface area contributed by atoms with Crippen molar-refractivity contribution in [3.05, 3.63) is 35.6 Å². The van der Waals surface area contributed by atoms with Crippen LogP contribution in [0, 0.1) is 11.7 Å². The van der Waals surface area contributed by atoms with Crippen LogP contribution in [0.1, 0.15) is 25.8 Å². The highest BCUT2D eigenvalue weighted by molar-refractivity contribution is 5.17. The second-order valence-electron chi connectivity index (χ2n) is 5.22. The van der Waals surface area contributed by atoms with E-state index in [-0.39, 0.29) is 5.82 Å². The van der Waals surface area contributed by atoms with Gasteiger partial charge in [-0.25, -0.2) is 4.39 Å². The van der Waals surface area contributed by atoms with Crippen molar-refractivity contribution in [2.75, 3.05) is 19.6 Å². The molecule has 100 valence electrons. The minimum absolute atomic E-state index is 0.0843. The number of benzene rings is 1. The van der Waals surface area contributed by atoms with E-state index in [1.165, 1.54) is 6.42 Å². The van der Waals surface area contributed by atoms with Gasteiger partial charge in [0.25, 0.3) is 0 Å². The minimum Gasteiger partial charge on any atom is -0.314 e. The summed E-state index contributed by atoms with van der Waals surface area (Å²) in [6.45, 7) is 8.25. The Kier molecular flexibility index (Phi) is 4.72. The summed E-state index contributed by atoms with van der Waals surface area (Å²) >= 11 is 0. The Labute approximate surface area is 109 Å². The maximum atomic E-state index is 13.7. The van der Waals surface area contributed by atoms with Crippen LogP contribution in [0.15, 0.2) is 24.3 Å². The smallest absolute Gasteiger partial charge is 0.127 e. The largest absolute Gasteiger partial charge is 0.314 e. The third-order valence-electron chi connectivity index (χ3n) is 4.03. The van der Waals surface area contributed by atoms with Gasteiger partial charge in [-0.1, -0.05) is 38.5 Å². The molecule has 2 unspecified atom stereocenters. The lowest BCUT2D eigenvalue weighted by Crippen LogP contribution is -2.53. The van der Waals surface area contributed by atoms with Crippen molar-refractivity contribution in [3.63, 3.8) is 0 Å². The number of halogens is 1. The van der Waals surface area contributed by atoms with Gasteiger partial charge in [0, 0.05) is 37.8 Å². The summed E-state index contributed by atoms with van der Waals surface area (Å²) in [5.41, 5.74) is 0.813. The number of nitrogens with one attached hydrogen (secondary N) is 1. The van der Waals surface area contributed by atoms with Crippen LogP contribution in [0.3, 0.4) is 0 Å². The normalized spacial score (nSPS) is 22.9. The Morgan fingerprint density at radius 2 is 2.22 bits per heavy atom. The van der Waals surface area contributed by atoms with E-state index in [9.17, 15) is 4.39 Å². The van der Waals surface area contributed by atoms with Crippen molar-refractivity contribution in [2.24, 2.45) is 5.92 Å². The molecule has 0 amide bonds. The molecular formula is C15H23FN2. The number of piperazine rings is 1. The van der Waals surface area contributed by atoms with Crippen molar-refractivity contribution < 1.29 is 4.39 Å². The standard InChI is InChI=1S/C15H23FN2/c1-3-12(2)15-10-17-8-9-18(15)11-13-6-4-5-7-14(13)16/h4-7,12,15,17H,3,8-11H2,1-2H3. The molecule has 1 saturated heterocycles. The summed E-state index contributed by atoms with van der Waals surface area (Å²) < 4.78 is 13.7. The summed E-state index contributed by atoms with van der Waals surface area (Å²) in [7, 11) is 0. The lowest BCUT2D eigenvalue weighted by atomic mass is 9.95. The zero-order valence-corrected chi connectivity index (χ0v) is 11.3. The second kappa shape index (κ2) is 6.30. The van der Waals surface area contributed by atoms with Gasteiger partial charge in [-0.2, -0.15) is 0 Å². The predicted molar refractivity (Wildman–Crippen MR) is 72.9 cm³/mol. The van der Waals surface area contributed by atoms with E-state index in [2.05, 4.69) is 24.1 Å². The van der Waals surface area contributed by atoms with Gasteiger partial charge in [0.15, 0.2) is 0 Å². The molecule has 2 rings (SSSR count). The van der Waals surface area contributed by atoms with Crippen LogP contribution < -0.4 is 5.32 Å². The van der Waals surface area contributed by atoms with E-state index in [4.69, 9.17) is 0 Å². The molecule has 1 N–H and O–H groups in total. The average molecular weight is 250 g/mol. The summed E-state index contributed by atoms with van der Waals surface area (Å²) in [6, 6.07) is 7.63. The zero-order chi connectivity index (χ0) is 13.0. The van der Waals surface area contributed by atoms with Gasteiger partial charge in [0.05, 0.1) is 0 Å². The monoisotopic (exact) mass is 250 g/mol. The molecule has 0 aliphatic carbocycles. The Bertz CT molecular complexity index is 381. The predicted octanol–water partition coefficient (Wildman–Crippen LogP) is 2.65. The molecule has 0 spiro atoms. The Balaban J connectivity index is 2.08. The molecule has 0 radical (unpaired) electrons. The number of hydrogen-bond donors (Lipinski definition) is 1. The maximum absolute atomic E-state index is 13.7. The van der Waals surface area contributed by atoms with Crippen LogP contribution in [0.5, 0.6) is 0 Å². The first kappa shape index (κ1) is 13.5. The SMILES string of the molecule is CCC(C)C1CNCCN1Cc1ccccc1F. The molecule has 2 atom stereocenters. The van der Waals surface area contributed by atoms with Gasteiger partial charge >= 0.3 is 0 Å². The lowest BCUT2D eigenvalue weighted by molar-refractivity contribution is 0.108. The van der Waals surface area contributed by atoms with Crippen LogP contribution >= 0.6 is 0 Å². The molecule has 0 bridgehead atoms. The summed E-state index contributed by atoms with van der Waals surface area (Å²) in [5.74, 6) is 0.559. The highest BCUT2D eigenvalue weighted by atomic mass is 19.1. The summed E-state index contributed by atoms with van der Waals surface area (Å²) in [5, 5.41) is 3.45. The fourth-order valence-corrected chi connectivity index (χ4v) is 2.64. The molecule has 1 aliphatic rings. The van der Waals surface area contributed by atoms with E-state index in [0.29, 0.717) is 12.0 Å². The van der Waals surface area contributed by atoms with Gasteiger partial charge in [0.1, 0.15) is 5.82 Å². The third-order valence-corrected chi connectivity index (χ3v) is 4.03. The molecule has 1 aromatic rings. The molecule has 2 nitrogen and oxygen atoms in total. The minimum atomic E-state index is -0.0843. The van der Waals surface area contributed by atoms with E-state index < -0.39 is 0 Å². The lowest BCUT2D eigenvalue weighted by Gasteiger charge is -2.39. The molecule has 3 heteroatoms. The quantitative estimate of drug-likeness (QED) is 0.883. The highest BCUT2D eigenvalue weighted by Gasteiger charge is 2.26. The second-order valence-corrected chi connectivity index (χ2v) is 5.22. The zero-order valence-electron chi connectivity index (χ0n) is 11.3. The van der Waals surface area contributed by atoms with Crippen molar-refractivity contribution in [2.45, 2.75) is 32.9 Å². The maximum Gasteiger partial charge on any atom is 0.127 e. The molecule has 18 heavy (non-hydrogen) atoms. The van der Waals surface area contributed by atoms with E-state index in [1.54, 1.807) is 12.1 Å². The first-order valence-electron chi connectivity index (χ1n) is 6.90. The Morgan fingerprint density at radius 1 is 1.44 bits per heavy atom. The van der Waals surface area contributed by atoms with E-state index >= 15 is 0 Å². The van der Waals surface area contributed by atoms with Crippen LogP contribution in [0.4, 0.5) is 4.39 Å². The summed E-state index contributed by atoms with van der Waals surface area (Å²) in [4.78, 5) is 2.42. The third kappa shape index (κ3) is 3.09. The van der Waals surface area contributed by atoms with Gasteiger partial charge in [-0.15, -0.1) is 0 Å². The van der Waals surface area contributed by atoms with Crippen molar-refractivity contribution in [3.8, 4) is 0 Å². The molecular weight excluding hydrogens is 227 g/mol. The molecule has 1 fully saturated rings. The van der Waals surface area contributed by atoms with Crippen LogP contribution in [0.2, 0.25) is 0 Å². The average Bonchev–Trinajstić information content (AvgIpc) is 2.41. The first-order valence-corrected chi connectivity index (χ1v) is 6.90. The molecule has 1 aliphatic heterocycles. The van der Waals surface area contributed by atoms with Gasteiger partial charge in [-0.3, -0.25) is 4.90 Å². The Hall–Kier alpha value is -0.930. The molecule has 1 heterocycles. The van der Waals surface area contributed by atoms with Crippen LogP contribution in [-0.4, -0.2) is 30.6 Å². The van der Waals surface area contributed by atoms with Gasteiger partial charge in [0.2, 0.25) is 0 Å². The molecule has 1 aromatic carbocycles. The van der Waals surface area contributed by atoms with Crippen molar-refractivity contribution in [1.29, 1.82) is 0 Å². The fourth-order valence-electron chi connectivity index (χ4n) is 2.64. The number of nitrogens with zero attached hydrogens (tertiary/aromatic N) is 1. The number of hydrogen-bond acceptors (Lipinski definition) is 2. The van der Waals surface area contributed by atoms with E-state index in [1.807, 2.05) is 12.1 Å². The number of rotatable bonds is 4. The van der Waals surface area contributed by atoms with Crippen LogP contribution in [0.25, 0.3) is 0 Å². The molecule has 0 saturated carbocycles. The Morgan fingerprint density at radius 3 is 2.94 bits per heavy atom. The highest BCUT2D eigenvalue weighted by Crippen LogP contribution is 2.20. The molecule has 0 aromatic heterocycles. The van der Waals surface area contributed by atoms with Gasteiger partial charge in [-0.05, 0) is 12.0 Å². The van der Waals surface area contributed by atoms with Crippen molar-refractivity contribution >= 4 is 0 Å². The van der Waals surface area contributed by atoms with E-state index in [0.717, 1.165) is 31.7 Å². The first-order chi connectivity index (χ1) is 8.72. The fraction of sp³-hybridized carbons (Fsp3) is 0.600. The summed E-state index contributed by atoms with van der Waals surface area (Å²) in [6.07, 6.45) is 1.17. The topological polar surface area (TPSA) is 15.3 Å². The van der Waals surface area contributed by atoms with Crippen molar-refractivity contribution in [1.82, 2.24) is 10.2 Å².